The Hall–Kier alpha value is 0.370. The predicted octanol–water partition coefficient (Wildman–Crippen LogP) is 2.15. The first-order valence-electron chi connectivity index (χ1n) is 1.80. The fraction of sp³-hybridized carbons (Fsp3) is 1.00. The Morgan fingerprint density at radius 1 is 1.12 bits per heavy atom. The average Bonchev–Trinajstić information content (AvgIpc) is 1.88. The highest BCUT2D eigenvalue weighted by molar-refractivity contribution is 6.39. The van der Waals surface area contributed by atoms with Gasteiger partial charge >= 0.3 is 0 Å². The number of hydrogen-bond donors (Lipinski definition) is 0. The van der Waals surface area contributed by atoms with Crippen LogP contribution in [0.15, 0.2) is 0 Å². The summed E-state index contributed by atoms with van der Waals surface area (Å²) >= 11 is 9.07. The molecule has 1 saturated carbocycles. The maximum Gasteiger partial charge on any atom is 0.269 e. The highest BCUT2D eigenvalue weighted by Crippen LogP contribution is 2.62. The molecule has 48 valence electrons. The fourth-order valence-corrected chi connectivity index (χ4v) is 0.745. The van der Waals surface area contributed by atoms with Gasteiger partial charge in [-0.05, 0) is 0 Å². The molecule has 2 unspecified atom stereocenters. The minimum atomic E-state index is -2.99. The quantitative estimate of drug-likeness (QED) is 0.482. The van der Waals surface area contributed by atoms with Gasteiger partial charge in [0.2, 0.25) is 6.17 Å². The largest absolute Gasteiger partial charge is 0.269 e. The predicted molar refractivity (Wildman–Crippen MR) is 24.3 cm³/mol. The number of rotatable bonds is 0. The van der Waals surface area contributed by atoms with E-state index in [1.54, 1.807) is 0 Å². The van der Waals surface area contributed by atoms with Gasteiger partial charge in [0.05, 0.1) is 0 Å². The Kier molecular flexibility index (Phi) is 1.03. The van der Waals surface area contributed by atoms with Gasteiger partial charge < -0.3 is 0 Å². The van der Waals surface area contributed by atoms with E-state index in [1.807, 2.05) is 0 Å². The van der Waals surface area contributed by atoms with Crippen LogP contribution in [0.25, 0.3) is 0 Å². The second kappa shape index (κ2) is 1.27. The molecule has 1 fully saturated rings. The minimum Gasteiger partial charge on any atom is -0.237 e. The molecule has 0 bridgehead atoms. The second-order valence-corrected chi connectivity index (χ2v) is 2.71. The highest BCUT2D eigenvalue weighted by atomic mass is 35.5. The van der Waals surface area contributed by atoms with Crippen LogP contribution in [0.3, 0.4) is 0 Å². The van der Waals surface area contributed by atoms with E-state index in [0.717, 1.165) is 0 Å². The maximum atomic E-state index is 11.9. The van der Waals surface area contributed by atoms with Gasteiger partial charge in [0, 0.05) is 0 Å². The summed E-state index contributed by atoms with van der Waals surface area (Å²) in [5.41, 5.74) is 0. The lowest BCUT2D eigenvalue weighted by atomic mass is 10.8. The lowest BCUT2D eigenvalue weighted by Crippen LogP contribution is -1.99. The van der Waals surface area contributed by atoms with Crippen molar-refractivity contribution in [2.24, 2.45) is 0 Å². The Labute approximate surface area is 53.6 Å². The monoisotopic (exact) mass is 164 g/mol. The Morgan fingerprint density at radius 3 is 1.25 bits per heavy atom. The van der Waals surface area contributed by atoms with Gasteiger partial charge in [-0.25, -0.2) is 13.2 Å². The van der Waals surface area contributed by atoms with Gasteiger partial charge in [-0.2, -0.15) is 0 Å². The summed E-state index contributed by atoms with van der Waals surface area (Å²) in [6, 6.07) is 0. The molecule has 0 saturated heterocycles. The summed E-state index contributed by atoms with van der Waals surface area (Å²) in [6.07, 6.45) is -2.39. The van der Waals surface area contributed by atoms with Crippen LogP contribution in [0.5, 0.6) is 0 Å². The Balaban J connectivity index is 2.72. The molecule has 0 aromatic rings. The smallest absolute Gasteiger partial charge is 0.237 e. The molecule has 8 heavy (non-hydrogen) atoms. The molecule has 1 aliphatic carbocycles. The van der Waals surface area contributed by atoms with Crippen molar-refractivity contribution in [2.75, 3.05) is 0 Å². The molecule has 1 rings (SSSR count). The standard InChI is InChI=1S/C3HCl2F3/c4-2(7)1(6)3(2,5)8/h1H. The van der Waals surface area contributed by atoms with Crippen LogP contribution >= 0.6 is 23.2 Å². The van der Waals surface area contributed by atoms with Crippen LogP contribution in [-0.2, 0) is 0 Å². The lowest BCUT2D eigenvalue weighted by Gasteiger charge is -1.88. The van der Waals surface area contributed by atoms with E-state index in [0.29, 0.717) is 0 Å². The minimum absolute atomic E-state index is 2.39. The molecule has 5 heteroatoms. The molecule has 0 aromatic heterocycles. The van der Waals surface area contributed by atoms with Gasteiger partial charge in [0.25, 0.3) is 10.3 Å². The molecule has 0 amide bonds. The van der Waals surface area contributed by atoms with Crippen molar-refractivity contribution >= 4 is 23.2 Å². The molecule has 0 aliphatic heterocycles. The summed E-state index contributed by atoms with van der Waals surface area (Å²) in [5.74, 6) is 0. The van der Waals surface area contributed by atoms with E-state index in [1.165, 1.54) is 0 Å². The summed E-state index contributed by atoms with van der Waals surface area (Å²) in [5, 5.41) is -5.98. The van der Waals surface area contributed by atoms with Gasteiger partial charge in [-0.1, -0.05) is 23.2 Å². The molecular formula is C3HCl2F3. The van der Waals surface area contributed by atoms with Crippen LogP contribution in [0.2, 0.25) is 0 Å². The lowest BCUT2D eigenvalue weighted by molar-refractivity contribution is 0.306. The SMILES string of the molecule is FC1C(F)(Cl)C1(F)Cl. The van der Waals surface area contributed by atoms with Crippen molar-refractivity contribution in [1.29, 1.82) is 0 Å². The van der Waals surface area contributed by atoms with E-state index < -0.39 is 16.4 Å². The zero-order valence-electron chi connectivity index (χ0n) is 3.47. The molecular weight excluding hydrogens is 164 g/mol. The average molecular weight is 165 g/mol. The van der Waals surface area contributed by atoms with E-state index >= 15 is 0 Å². The second-order valence-electron chi connectivity index (χ2n) is 1.61. The first-order valence-corrected chi connectivity index (χ1v) is 2.56. The number of hydrogen-bond acceptors (Lipinski definition) is 0. The number of halogens is 5. The molecule has 1 aliphatic rings. The van der Waals surface area contributed by atoms with Gasteiger partial charge in [0.15, 0.2) is 0 Å². The third-order valence-electron chi connectivity index (χ3n) is 0.998. The zero-order chi connectivity index (χ0) is 6.58. The van der Waals surface area contributed by atoms with Crippen LogP contribution in [0, 0.1) is 0 Å². The van der Waals surface area contributed by atoms with Crippen molar-refractivity contribution in [3.8, 4) is 0 Å². The third-order valence-corrected chi connectivity index (χ3v) is 2.03. The third kappa shape index (κ3) is 0.490. The maximum absolute atomic E-state index is 11.9. The van der Waals surface area contributed by atoms with E-state index in [4.69, 9.17) is 0 Å². The molecule has 0 heterocycles. The Bertz CT molecular complexity index is 108. The van der Waals surface area contributed by atoms with Gasteiger partial charge in [0.1, 0.15) is 0 Å². The first kappa shape index (κ1) is 6.49. The Morgan fingerprint density at radius 2 is 1.25 bits per heavy atom. The van der Waals surface area contributed by atoms with Crippen LogP contribution in [0.4, 0.5) is 13.2 Å². The summed E-state index contributed by atoms with van der Waals surface area (Å²) in [4.78, 5) is 0. The highest BCUT2D eigenvalue weighted by Gasteiger charge is 2.82. The molecule has 0 N–H and O–H groups in total. The summed E-state index contributed by atoms with van der Waals surface area (Å²) in [7, 11) is 0. The van der Waals surface area contributed by atoms with Crippen molar-refractivity contribution < 1.29 is 13.2 Å². The van der Waals surface area contributed by atoms with E-state index in [9.17, 15) is 13.2 Å². The van der Waals surface area contributed by atoms with E-state index in [-0.39, 0.29) is 0 Å². The van der Waals surface area contributed by atoms with Crippen molar-refractivity contribution in [1.82, 2.24) is 0 Å². The van der Waals surface area contributed by atoms with Gasteiger partial charge in [-0.3, -0.25) is 0 Å². The normalized spacial score (nSPS) is 63.4. The van der Waals surface area contributed by atoms with Crippen molar-refractivity contribution in [3.05, 3.63) is 0 Å². The first-order chi connectivity index (χ1) is 3.40. The molecule has 2 atom stereocenters. The summed E-state index contributed by atoms with van der Waals surface area (Å²) < 4.78 is 35.4. The molecule has 0 radical (unpaired) electrons. The van der Waals surface area contributed by atoms with Crippen molar-refractivity contribution in [3.63, 3.8) is 0 Å². The molecule has 0 nitrogen and oxygen atoms in total. The van der Waals surface area contributed by atoms with Crippen LogP contribution in [-0.4, -0.2) is 16.4 Å². The summed E-state index contributed by atoms with van der Waals surface area (Å²) in [6.45, 7) is 0. The van der Waals surface area contributed by atoms with E-state index in [2.05, 4.69) is 23.2 Å². The number of alkyl halides is 5. The van der Waals surface area contributed by atoms with Crippen molar-refractivity contribution in [2.45, 2.75) is 16.4 Å². The zero-order valence-corrected chi connectivity index (χ0v) is 4.98. The molecule has 0 aromatic carbocycles. The van der Waals surface area contributed by atoms with Gasteiger partial charge in [-0.15, -0.1) is 0 Å². The fourth-order valence-electron chi connectivity index (χ4n) is 0.306. The topological polar surface area (TPSA) is 0 Å². The van der Waals surface area contributed by atoms with Crippen LogP contribution in [0.1, 0.15) is 0 Å². The van der Waals surface area contributed by atoms with Crippen LogP contribution < -0.4 is 0 Å². The molecule has 0 spiro atoms.